The van der Waals surface area contributed by atoms with Crippen molar-refractivity contribution in [2.45, 2.75) is 6.61 Å². The van der Waals surface area contributed by atoms with Crippen LogP contribution in [0.1, 0.15) is 16.1 Å². The molecule has 7 heteroatoms. The number of carbonyl (C=O) groups is 1. The van der Waals surface area contributed by atoms with Gasteiger partial charge >= 0.3 is 0 Å². The molecule has 0 unspecified atom stereocenters. The summed E-state index contributed by atoms with van der Waals surface area (Å²) in [6.07, 6.45) is 1.45. The standard InChI is InChI=1S/C17H19N3O4/c1-19-12-23-10-9-20(19)17(22)15-16(14(21)7-8-18-15)24-11-13-5-3-2-4-6-13/h2-8H,9-12H2,1H3,(H,18,21). The Balaban J connectivity index is 1.84. The number of hydrazine groups is 1. The molecule has 1 aliphatic heterocycles. The first kappa shape index (κ1) is 16.2. The number of carbonyl (C=O) groups excluding carboxylic acids is 1. The van der Waals surface area contributed by atoms with Gasteiger partial charge in [-0.2, -0.15) is 5.01 Å². The normalized spacial score (nSPS) is 15.3. The topological polar surface area (TPSA) is 74.9 Å². The Morgan fingerprint density at radius 3 is 2.83 bits per heavy atom. The van der Waals surface area contributed by atoms with E-state index < -0.39 is 0 Å². The lowest BCUT2D eigenvalue weighted by Crippen LogP contribution is -2.51. The number of nitrogens with one attached hydrogen (secondary N) is 1. The van der Waals surface area contributed by atoms with Crippen LogP contribution < -0.4 is 10.2 Å². The average Bonchev–Trinajstić information content (AvgIpc) is 2.61. The fourth-order valence-electron chi connectivity index (χ4n) is 2.47. The fraction of sp³-hybridized carbons (Fsp3) is 0.294. The first-order valence-electron chi connectivity index (χ1n) is 7.66. The molecule has 24 heavy (non-hydrogen) atoms. The lowest BCUT2D eigenvalue weighted by molar-refractivity contribution is -0.118. The van der Waals surface area contributed by atoms with E-state index >= 15 is 0 Å². The van der Waals surface area contributed by atoms with E-state index in [1.54, 1.807) is 12.1 Å². The second-order valence-corrected chi connectivity index (χ2v) is 5.44. The maximum atomic E-state index is 12.8. The highest BCUT2D eigenvalue weighted by molar-refractivity contribution is 5.94. The number of aromatic nitrogens is 1. The minimum atomic E-state index is -0.330. The first-order valence-corrected chi connectivity index (χ1v) is 7.66. The highest BCUT2D eigenvalue weighted by atomic mass is 16.5. The number of pyridine rings is 1. The zero-order chi connectivity index (χ0) is 16.9. The molecule has 2 aromatic rings. The van der Waals surface area contributed by atoms with E-state index in [1.807, 2.05) is 30.3 Å². The second kappa shape index (κ2) is 7.29. The van der Waals surface area contributed by atoms with Crippen LogP contribution in [0.5, 0.6) is 5.75 Å². The third-order valence-electron chi connectivity index (χ3n) is 3.73. The number of aromatic amines is 1. The highest BCUT2D eigenvalue weighted by Gasteiger charge is 2.27. The van der Waals surface area contributed by atoms with Gasteiger partial charge in [-0.15, -0.1) is 0 Å². The summed E-state index contributed by atoms with van der Waals surface area (Å²) in [6.45, 7) is 1.41. The van der Waals surface area contributed by atoms with E-state index in [4.69, 9.17) is 9.47 Å². The van der Waals surface area contributed by atoms with Crippen molar-refractivity contribution in [2.24, 2.45) is 0 Å². The van der Waals surface area contributed by atoms with E-state index in [0.717, 1.165) is 5.56 Å². The number of ether oxygens (including phenoxy) is 2. The van der Waals surface area contributed by atoms with Crippen LogP contribution in [0.3, 0.4) is 0 Å². The summed E-state index contributed by atoms with van der Waals surface area (Å²) in [7, 11) is 1.75. The molecule has 0 spiro atoms. The molecule has 0 bridgehead atoms. The molecule has 1 aliphatic rings. The van der Waals surface area contributed by atoms with Crippen molar-refractivity contribution in [3.8, 4) is 5.75 Å². The van der Waals surface area contributed by atoms with Gasteiger partial charge < -0.3 is 14.5 Å². The van der Waals surface area contributed by atoms with Gasteiger partial charge in [-0.05, 0) is 5.56 Å². The average molecular weight is 329 g/mol. The van der Waals surface area contributed by atoms with Crippen molar-refractivity contribution in [2.75, 3.05) is 26.9 Å². The van der Waals surface area contributed by atoms with Gasteiger partial charge in [-0.1, -0.05) is 30.3 Å². The Hall–Kier alpha value is -2.64. The van der Waals surface area contributed by atoms with E-state index in [0.29, 0.717) is 19.9 Å². The Labute approximate surface area is 139 Å². The molecule has 3 rings (SSSR count). The Morgan fingerprint density at radius 1 is 1.29 bits per heavy atom. The minimum absolute atomic E-state index is 0.0336. The van der Waals surface area contributed by atoms with Crippen LogP contribution in [0.25, 0.3) is 0 Å². The Bertz CT molecular complexity index is 760. The van der Waals surface area contributed by atoms with Crippen LogP contribution in [-0.4, -0.2) is 47.8 Å². The largest absolute Gasteiger partial charge is 0.483 e. The van der Waals surface area contributed by atoms with Crippen LogP contribution in [-0.2, 0) is 11.3 Å². The first-order chi connectivity index (χ1) is 11.7. The van der Waals surface area contributed by atoms with Gasteiger partial charge in [0.05, 0.1) is 13.2 Å². The number of nitrogens with zero attached hydrogens (tertiary/aromatic N) is 2. The molecule has 1 aromatic carbocycles. The Morgan fingerprint density at radius 2 is 2.08 bits per heavy atom. The second-order valence-electron chi connectivity index (χ2n) is 5.44. The van der Waals surface area contributed by atoms with E-state index in [1.165, 1.54) is 17.3 Å². The lowest BCUT2D eigenvalue weighted by atomic mass is 10.2. The molecular formula is C17H19N3O4. The summed E-state index contributed by atoms with van der Waals surface area (Å²) in [5.74, 6) is -0.284. The number of rotatable bonds is 4. The van der Waals surface area contributed by atoms with Crippen molar-refractivity contribution < 1.29 is 14.3 Å². The Kier molecular flexibility index (Phi) is 4.93. The smallest absolute Gasteiger partial charge is 0.288 e. The predicted molar refractivity (Wildman–Crippen MR) is 87.5 cm³/mol. The number of hydrogen-bond donors (Lipinski definition) is 1. The van der Waals surface area contributed by atoms with Gasteiger partial charge in [0.25, 0.3) is 5.91 Å². The van der Waals surface area contributed by atoms with Gasteiger partial charge in [-0.25, -0.2) is 0 Å². The third kappa shape index (κ3) is 3.47. The van der Waals surface area contributed by atoms with Crippen LogP contribution in [0, 0.1) is 0 Å². The molecular weight excluding hydrogens is 310 g/mol. The highest BCUT2D eigenvalue weighted by Crippen LogP contribution is 2.16. The van der Waals surface area contributed by atoms with Crippen molar-refractivity contribution in [1.82, 2.24) is 15.0 Å². The summed E-state index contributed by atoms with van der Waals surface area (Å²) in [5, 5.41) is 3.20. The maximum Gasteiger partial charge on any atom is 0.288 e. The molecule has 1 amide bonds. The minimum Gasteiger partial charge on any atom is -0.483 e. The molecule has 126 valence electrons. The molecule has 1 aromatic heterocycles. The molecule has 0 saturated carbocycles. The number of H-pyrrole nitrogens is 1. The summed E-state index contributed by atoms with van der Waals surface area (Å²) >= 11 is 0. The van der Waals surface area contributed by atoms with Crippen molar-refractivity contribution >= 4 is 5.91 Å². The van der Waals surface area contributed by atoms with Crippen LogP contribution in [0.4, 0.5) is 0 Å². The van der Waals surface area contributed by atoms with Gasteiger partial charge in [0.1, 0.15) is 13.3 Å². The van der Waals surface area contributed by atoms with Crippen LogP contribution in [0.2, 0.25) is 0 Å². The molecule has 0 radical (unpaired) electrons. The number of benzene rings is 1. The molecule has 0 aliphatic carbocycles. The fourth-order valence-corrected chi connectivity index (χ4v) is 2.47. The zero-order valence-corrected chi connectivity index (χ0v) is 13.4. The quantitative estimate of drug-likeness (QED) is 0.913. The maximum absolute atomic E-state index is 12.8. The molecule has 7 nitrogen and oxygen atoms in total. The molecule has 0 atom stereocenters. The van der Waals surface area contributed by atoms with Crippen LogP contribution in [0.15, 0.2) is 47.4 Å². The monoisotopic (exact) mass is 329 g/mol. The van der Waals surface area contributed by atoms with E-state index in [-0.39, 0.29) is 29.4 Å². The third-order valence-corrected chi connectivity index (χ3v) is 3.73. The van der Waals surface area contributed by atoms with Gasteiger partial charge in [0, 0.05) is 19.3 Å². The molecule has 2 heterocycles. The molecule has 1 fully saturated rings. The zero-order valence-electron chi connectivity index (χ0n) is 13.4. The summed E-state index contributed by atoms with van der Waals surface area (Å²) in [6, 6.07) is 10.8. The van der Waals surface area contributed by atoms with Crippen LogP contribution >= 0.6 is 0 Å². The van der Waals surface area contributed by atoms with Crippen molar-refractivity contribution in [3.63, 3.8) is 0 Å². The van der Waals surface area contributed by atoms with Gasteiger partial charge in [-0.3, -0.25) is 14.6 Å². The van der Waals surface area contributed by atoms with Gasteiger partial charge in [0.15, 0.2) is 11.4 Å². The molecule has 1 saturated heterocycles. The lowest BCUT2D eigenvalue weighted by Gasteiger charge is -2.35. The molecule has 1 N–H and O–H groups in total. The van der Waals surface area contributed by atoms with E-state index in [2.05, 4.69) is 4.98 Å². The number of amides is 1. The summed E-state index contributed by atoms with van der Waals surface area (Å²) in [5.41, 5.74) is 0.735. The summed E-state index contributed by atoms with van der Waals surface area (Å²) in [4.78, 5) is 27.8. The SMILES string of the molecule is CN1COCCN1C(=O)c1[nH]ccc(=O)c1OCc1ccccc1. The van der Waals surface area contributed by atoms with E-state index in [9.17, 15) is 9.59 Å². The van der Waals surface area contributed by atoms with Crippen molar-refractivity contribution in [3.05, 3.63) is 64.1 Å². The van der Waals surface area contributed by atoms with Gasteiger partial charge in [0.2, 0.25) is 5.43 Å². The predicted octanol–water partition coefficient (Wildman–Crippen LogP) is 1.23. The summed E-state index contributed by atoms with van der Waals surface area (Å²) < 4.78 is 10.9. The van der Waals surface area contributed by atoms with Crippen molar-refractivity contribution in [1.29, 1.82) is 0 Å². The number of hydrogen-bond acceptors (Lipinski definition) is 5.